The molecule has 4 nitrogen and oxygen atoms in total. The number of rotatable bonds is 7. The van der Waals surface area contributed by atoms with Gasteiger partial charge in [-0.25, -0.2) is 0 Å². The number of carbonyl (C=O) groups excluding carboxylic acids is 3. The molecule has 0 N–H and O–H groups in total. The Balaban J connectivity index is 1.47. The smallest absolute Gasteiger partial charge is 0.174 e. The van der Waals surface area contributed by atoms with Gasteiger partial charge in [0.05, 0.1) is 17.4 Å². The van der Waals surface area contributed by atoms with Crippen LogP contribution in [0.5, 0.6) is 5.75 Å². The monoisotopic (exact) mass is 522 g/mol. The van der Waals surface area contributed by atoms with Crippen molar-refractivity contribution in [3.8, 4) is 16.9 Å². The third-order valence-corrected chi connectivity index (χ3v) is 7.42. The molecule has 1 heterocycles. The van der Waals surface area contributed by atoms with Gasteiger partial charge in [-0.1, -0.05) is 127 Å². The second-order valence-electron chi connectivity index (χ2n) is 9.85. The molecule has 5 aromatic rings. The zero-order chi connectivity index (χ0) is 27.5. The fourth-order valence-corrected chi connectivity index (χ4v) is 5.41. The van der Waals surface area contributed by atoms with Crippen molar-refractivity contribution in [1.29, 1.82) is 0 Å². The molecule has 0 saturated heterocycles. The summed E-state index contributed by atoms with van der Waals surface area (Å²) in [6.07, 6.45) is -0.811. The molecule has 0 saturated carbocycles. The highest BCUT2D eigenvalue weighted by Crippen LogP contribution is 2.44. The van der Waals surface area contributed by atoms with Gasteiger partial charge in [0, 0.05) is 11.1 Å². The molecule has 0 aromatic heterocycles. The van der Waals surface area contributed by atoms with Crippen LogP contribution < -0.4 is 4.74 Å². The van der Waals surface area contributed by atoms with Gasteiger partial charge < -0.3 is 4.74 Å². The SMILES string of the molecule is O=C(c1ccccc1)C(C(=O)c1ccc(-c2ccccc2)cc1)C1C(=O)c2ccccc2OC1c1ccccc1. The van der Waals surface area contributed by atoms with Crippen molar-refractivity contribution in [2.75, 3.05) is 0 Å². The van der Waals surface area contributed by atoms with Crippen molar-refractivity contribution in [1.82, 2.24) is 0 Å². The molecule has 0 fully saturated rings. The lowest BCUT2D eigenvalue weighted by molar-refractivity contribution is 0.0428. The zero-order valence-corrected chi connectivity index (χ0v) is 21.6. The van der Waals surface area contributed by atoms with Gasteiger partial charge >= 0.3 is 0 Å². The standard InChI is InChI=1S/C36H26O4/c37-33(26-14-6-2-7-15-26)31(34(38)27-22-20-25(21-23-27)24-12-4-1-5-13-24)32-35(39)29-18-10-11-19-30(29)40-36(32)28-16-8-3-9-17-28/h1-23,31-32,36H. The van der Waals surface area contributed by atoms with Gasteiger partial charge in [-0.15, -0.1) is 0 Å². The van der Waals surface area contributed by atoms with Crippen LogP contribution in [0, 0.1) is 11.8 Å². The van der Waals surface area contributed by atoms with Crippen LogP contribution in [0.3, 0.4) is 0 Å². The number of ether oxygens (including phenoxy) is 1. The predicted molar refractivity (Wildman–Crippen MR) is 155 cm³/mol. The fourth-order valence-electron chi connectivity index (χ4n) is 5.41. The van der Waals surface area contributed by atoms with Crippen LogP contribution in [-0.2, 0) is 0 Å². The molecule has 6 rings (SSSR count). The summed E-state index contributed by atoms with van der Waals surface area (Å²) < 4.78 is 6.41. The lowest BCUT2D eigenvalue weighted by atomic mass is 9.71. The van der Waals surface area contributed by atoms with E-state index in [0.29, 0.717) is 22.4 Å². The topological polar surface area (TPSA) is 60.4 Å². The number of para-hydroxylation sites is 1. The van der Waals surface area contributed by atoms with Crippen LogP contribution in [0.15, 0.2) is 140 Å². The molecule has 5 aromatic carbocycles. The Kier molecular flexibility index (Phi) is 6.90. The largest absolute Gasteiger partial charge is 0.484 e. The molecular formula is C36H26O4. The lowest BCUT2D eigenvalue weighted by Crippen LogP contribution is -2.43. The molecule has 194 valence electrons. The number of ketones is 3. The van der Waals surface area contributed by atoms with Crippen molar-refractivity contribution in [3.05, 3.63) is 162 Å². The number of hydrogen-bond donors (Lipinski definition) is 0. The van der Waals surface area contributed by atoms with Crippen molar-refractivity contribution in [2.24, 2.45) is 11.8 Å². The maximum Gasteiger partial charge on any atom is 0.174 e. The van der Waals surface area contributed by atoms with Gasteiger partial charge in [-0.3, -0.25) is 14.4 Å². The highest BCUT2D eigenvalue weighted by atomic mass is 16.5. The Bertz CT molecular complexity index is 1660. The van der Waals surface area contributed by atoms with E-state index < -0.39 is 29.5 Å². The van der Waals surface area contributed by atoms with Gasteiger partial charge in [-0.2, -0.15) is 0 Å². The average Bonchev–Trinajstić information content (AvgIpc) is 3.03. The maximum atomic E-state index is 14.3. The van der Waals surface area contributed by atoms with Crippen LogP contribution in [0.2, 0.25) is 0 Å². The molecular weight excluding hydrogens is 496 g/mol. The number of benzene rings is 5. The van der Waals surface area contributed by atoms with E-state index in [9.17, 15) is 14.4 Å². The third kappa shape index (κ3) is 4.76. The first-order valence-corrected chi connectivity index (χ1v) is 13.3. The maximum absolute atomic E-state index is 14.3. The first kappa shape index (κ1) is 25.2. The molecule has 0 amide bonds. The van der Waals surface area contributed by atoms with E-state index in [1.165, 1.54) is 0 Å². The summed E-state index contributed by atoms with van der Waals surface area (Å²) in [5.41, 5.74) is 3.82. The van der Waals surface area contributed by atoms with E-state index in [0.717, 1.165) is 16.7 Å². The second-order valence-corrected chi connectivity index (χ2v) is 9.85. The number of hydrogen-bond acceptors (Lipinski definition) is 4. The Morgan fingerprint density at radius 3 is 1.70 bits per heavy atom. The molecule has 1 aliphatic rings. The summed E-state index contributed by atoms with van der Waals surface area (Å²) >= 11 is 0. The van der Waals surface area contributed by atoms with Gasteiger partial charge in [-0.05, 0) is 28.8 Å². The molecule has 4 heteroatoms. The van der Waals surface area contributed by atoms with Crippen molar-refractivity contribution >= 4 is 17.3 Å². The number of Topliss-reactive ketones (excluding diaryl/α,β-unsaturated/α-hetero) is 3. The minimum Gasteiger partial charge on any atom is -0.484 e. The van der Waals surface area contributed by atoms with Crippen molar-refractivity contribution < 1.29 is 19.1 Å². The Morgan fingerprint density at radius 1 is 0.550 bits per heavy atom. The molecule has 0 aliphatic carbocycles. The van der Waals surface area contributed by atoms with Crippen LogP contribution in [0.4, 0.5) is 0 Å². The van der Waals surface area contributed by atoms with Gasteiger partial charge in [0.2, 0.25) is 0 Å². The van der Waals surface area contributed by atoms with E-state index in [1.54, 1.807) is 60.7 Å². The minimum atomic E-state index is -1.28. The lowest BCUT2D eigenvalue weighted by Gasteiger charge is -2.36. The number of carbonyl (C=O) groups is 3. The molecule has 40 heavy (non-hydrogen) atoms. The average molecular weight is 523 g/mol. The van der Waals surface area contributed by atoms with E-state index in [-0.39, 0.29) is 5.78 Å². The molecule has 1 aliphatic heterocycles. The normalized spacial score (nSPS) is 16.9. The van der Waals surface area contributed by atoms with Crippen molar-refractivity contribution in [3.63, 3.8) is 0 Å². The van der Waals surface area contributed by atoms with E-state index >= 15 is 0 Å². The number of fused-ring (bicyclic) bond motifs is 1. The highest BCUT2D eigenvalue weighted by Gasteiger charge is 2.48. The highest BCUT2D eigenvalue weighted by molar-refractivity contribution is 6.20. The molecule has 3 atom stereocenters. The van der Waals surface area contributed by atoms with Gasteiger partial charge in [0.1, 0.15) is 11.9 Å². The summed E-state index contributed by atoms with van der Waals surface area (Å²) in [5.74, 6) is -2.97. The summed E-state index contributed by atoms with van der Waals surface area (Å²) in [6.45, 7) is 0. The van der Waals surface area contributed by atoms with E-state index in [1.807, 2.05) is 78.9 Å². The Labute approximate surface area is 232 Å². The molecule has 0 radical (unpaired) electrons. The third-order valence-electron chi connectivity index (χ3n) is 7.42. The van der Waals surface area contributed by atoms with Gasteiger partial charge in [0.25, 0.3) is 0 Å². The van der Waals surface area contributed by atoms with Gasteiger partial charge in [0.15, 0.2) is 17.3 Å². The molecule has 0 spiro atoms. The second kappa shape index (κ2) is 11.0. The predicted octanol–water partition coefficient (Wildman–Crippen LogP) is 7.67. The van der Waals surface area contributed by atoms with Crippen LogP contribution in [-0.4, -0.2) is 17.3 Å². The van der Waals surface area contributed by atoms with Crippen LogP contribution in [0.1, 0.15) is 42.7 Å². The van der Waals surface area contributed by atoms with E-state index in [2.05, 4.69) is 0 Å². The summed E-state index contributed by atoms with van der Waals surface area (Å²) in [4.78, 5) is 42.6. The molecule has 3 unspecified atom stereocenters. The zero-order valence-electron chi connectivity index (χ0n) is 21.6. The Morgan fingerprint density at radius 2 is 1.05 bits per heavy atom. The fraction of sp³-hybridized carbons (Fsp3) is 0.0833. The first-order chi connectivity index (χ1) is 19.6. The summed E-state index contributed by atoms with van der Waals surface area (Å²) in [6, 6.07) is 42.1. The van der Waals surface area contributed by atoms with Crippen molar-refractivity contribution in [2.45, 2.75) is 6.10 Å². The minimum absolute atomic E-state index is 0.278. The Hall–Kier alpha value is -5.09. The van der Waals surface area contributed by atoms with Crippen LogP contribution in [0.25, 0.3) is 11.1 Å². The quantitative estimate of drug-likeness (QED) is 0.163. The summed E-state index contributed by atoms with van der Waals surface area (Å²) in [5, 5.41) is 0. The van der Waals surface area contributed by atoms with Crippen LogP contribution >= 0.6 is 0 Å². The van der Waals surface area contributed by atoms with E-state index in [4.69, 9.17) is 4.74 Å². The first-order valence-electron chi connectivity index (χ1n) is 13.3. The molecule has 0 bridgehead atoms. The summed E-state index contributed by atoms with van der Waals surface area (Å²) in [7, 11) is 0.